The number of nitrogens with one attached hydrogen (secondary N) is 1. The molecule has 3 heterocycles. The molecule has 2 aromatic rings. The number of aryl methyl sites for hydroxylation is 2. The molecule has 0 bridgehead atoms. The molecule has 1 atom stereocenters. The number of amides is 1. The standard InChI is InChI=1S/C16H21N5O/c1-3-12-4-5-18-13(10-12)16(22)21-9-6-17-11-14(21)15-19-7-8-20(15)2/h4-5,7-8,10,14,17H,3,6,9,11H2,1-2H3. The van der Waals surface area contributed by atoms with Crippen molar-refractivity contribution in [1.82, 2.24) is 24.8 Å². The fourth-order valence-corrected chi connectivity index (χ4v) is 2.83. The highest BCUT2D eigenvalue weighted by molar-refractivity contribution is 5.92. The Morgan fingerprint density at radius 2 is 2.27 bits per heavy atom. The Kier molecular flexibility index (Phi) is 4.20. The maximum absolute atomic E-state index is 12.9. The monoisotopic (exact) mass is 299 g/mol. The number of hydrogen-bond donors (Lipinski definition) is 1. The van der Waals surface area contributed by atoms with Gasteiger partial charge in [-0.2, -0.15) is 0 Å². The first kappa shape index (κ1) is 14.7. The molecule has 3 rings (SSSR count). The zero-order valence-corrected chi connectivity index (χ0v) is 13.0. The molecule has 6 heteroatoms. The summed E-state index contributed by atoms with van der Waals surface area (Å²) in [7, 11) is 1.95. The van der Waals surface area contributed by atoms with Gasteiger partial charge in [-0.25, -0.2) is 4.98 Å². The van der Waals surface area contributed by atoms with Crippen LogP contribution in [-0.2, 0) is 13.5 Å². The van der Waals surface area contributed by atoms with E-state index in [-0.39, 0.29) is 11.9 Å². The van der Waals surface area contributed by atoms with Gasteiger partial charge in [0.25, 0.3) is 5.91 Å². The van der Waals surface area contributed by atoms with E-state index in [9.17, 15) is 4.79 Å². The predicted molar refractivity (Wildman–Crippen MR) is 83.5 cm³/mol. The molecule has 1 saturated heterocycles. The SMILES string of the molecule is CCc1ccnc(C(=O)N2CCNCC2c2nccn2C)c1. The van der Waals surface area contributed by atoms with Crippen LogP contribution in [0.3, 0.4) is 0 Å². The first-order valence-electron chi connectivity index (χ1n) is 7.64. The molecular weight excluding hydrogens is 278 g/mol. The Bertz CT molecular complexity index is 666. The highest BCUT2D eigenvalue weighted by atomic mass is 16.2. The summed E-state index contributed by atoms with van der Waals surface area (Å²) < 4.78 is 1.97. The zero-order chi connectivity index (χ0) is 15.5. The Morgan fingerprint density at radius 1 is 1.41 bits per heavy atom. The summed E-state index contributed by atoms with van der Waals surface area (Å²) in [5.41, 5.74) is 1.64. The van der Waals surface area contributed by atoms with Gasteiger partial charge in [-0.1, -0.05) is 6.92 Å². The highest BCUT2D eigenvalue weighted by Crippen LogP contribution is 2.22. The maximum atomic E-state index is 12.9. The lowest BCUT2D eigenvalue weighted by molar-refractivity contribution is 0.0614. The van der Waals surface area contributed by atoms with Gasteiger partial charge in [0.2, 0.25) is 0 Å². The van der Waals surface area contributed by atoms with Crippen LogP contribution in [-0.4, -0.2) is 45.0 Å². The van der Waals surface area contributed by atoms with Crippen LogP contribution in [0.5, 0.6) is 0 Å². The van der Waals surface area contributed by atoms with E-state index >= 15 is 0 Å². The Morgan fingerprint density at radius 3 is 3.00 bits per heavy atom. The van der Waals surface area contributed by atoms with Crippen molar-refractivity contribution in [2.75, 3.05) is 19.6 Å². The third-order valence-electron chi connectivity index (χ3n) is 4.11. The number of pyridine rings is 1. The van der Waals surface area contributed by atoms with Crippen LogP contribution < -0.4 is 5.32 Å². The zero-order valence-electron chi connectivity index (χ0n) is 13.0. The lowest BCUT2D eigenvalue weighted by atomic mass is 10.1. The van der Waals surface area contributed by atoms with Crippen molar-refractivity contribution in [3.8, 4) is 0 Å². The van der Waals surface area contributed by atoms with Crippen molar-refractivity contribution in [1.29, 1.82) is 0 Å². The van der Waals surface area contributed by atoms with Crippen molar-refractivity contribution >= 4 is 5.91 Å². The molecular formula is C16H21N5O. The maximum Gasteiger partial charge on any atom is 0.273 e. The van der Waals surface area contributed by atoms with Crippen LogP contribution >= 0.6 is 0 Å². The summed E-state index contributed by atoms with van der Waals surface area (Å²) in [5.74, 6) is 0.872. The molecule has 2 aromatic heterocycles. The second-order valence-electron chi connectivity index (χ2n) is 5.52. The molecule has 1 aliphatic rings. The number of piperazine rings is 1. The van der Waals surface area contributed by atoms with Crippen molar-refractivity contribution in [2.45, 2.75) is 19.4 Å². The van der Waals surface area contributed by atoms with Gasteiger partial charge in [0.15, 0.2) is 0 Å². The minimum absolute atomic E-state index is 0.0233. The van der Waals surface area contributed by atoms with Gasteiger partial charge in [-0.05, 0) is 24.1 Å². The summed E-state index contributed by atoms with van der Waals surface area (Å²) in [4.78, 5) is 23.4. The number of carbonyl (C=O) groups excluding carboxylic acids is 1. The second kappa shape index (κ2) is 6.27. The van der Waals surface area contributed by atoms with Gasteiger partial charge in [0.05, 0.1) is 0 Å². The van der Waals surface area contributed by atoms with Crippen LogP contribution in [0.1, 0.15) is 34.8 Å². The highest BCUT2D eigenvalue weighted by Gasteiger charge is 2.31. The van der Waals surface area contributed by atoms with Gasteiger partial charge in [-0.3, -0.25) is 9.78 Å². The molecule has 0 saturated carbocycles. The van der Waals surface area contributed by atoms with Crippen LogP contribution in [0.4, 0.5) is 0 Å². The molecule has 0 aliphatic carbocycles. The van der Waals surface area contributed by atoms with E-state index in [2.05, 4.69) is 22.2 Å². The molecule has 116 valence electrons. The first-order chi connectivity index (χ1) is 10.7. The Labute approximate surface area is 130 Å². The van der Waals surface area contributed by atoms with Crippen LogP contribution in [0.25, 0.3) is 0 Å². The summed E-state index contributed by atoms with van der Waals surface area (Å²) in [6.45, 7) is 4.24. The fourth-order valence-electron chi connectivity index (χ4n) is 2.83. The average Bonchev–Trinajstić information content (AvgIpc) is 3.00. The van der Waals surface area contributed by atoms with Crippen molar-refractivity contribution in [2.24, 2.45) is 7.05 Å². The molecule has 1 amide bonds. The topological polar surface area (TPSA) is 63.1 Å². The van der Waals surface area contributed by atoms with Gasteiger partial charge >= 0.3 is 0 Å². The largest absolute Gasteiger partial charge is 0.336 e. The Hall–Kier alpha value is -2.21. The van der Waals surface area contributed by atoms with Crippen LogP contribution in [0.15, 0.2) is 30.7 Å². The first-order valence-corrected chi connectivity index (χ1v) is 7.64. The van der Waals surface area contributed by atoms with Gasteiger partial charge in [-0.15, -0.1) is 0 Å². The molecule has 22 heavy (non-hydrogen) atoms. The van der Waals surface area contributed by atoms with E-state index < -0.39 is 0 Å². The molecule has 1 aliphatic heterocycles. The number of rotatable bonds is 3. The van der Waals surface area contributed by atoms with Gasteiger partial charge in [0, 0.05) is 45.3 Å². The van der Waals surface area contributed by atoms with Gasteiger partial charge in [0.1, 0.15) is 17.6 Å². The lowest BCUT2D eigenvalue weighted by Crippen LogP contribution is -2.49. The van der Waals surface area contributed by atoms with Crippen LogP contribution in [0, 0.1) is 0 Å². The third kappa shape index (κ3) is 2.74. The van der Waals surface area contributed by atoms with E-state index in [0.29, 0.717) is 18.8 Å². The minimum Gasteiger partial charge on any atom is -0.336 e. The number of nitrogens with zero attached hydrogens (tertiary/aromatic N) is 4. The smallest absolute Gasteiger partial charge is 0.273 e. The number of hydrogen-bond acceptors (Lipinski definition) is 4. The summed E-state index contributed by atoms with van der Waals surface area (Å²) in [6.07, 6.45) is 6.28. The van der Waals surface area contributed by atoms with Gasteiger partial charge < -0.3 is 14.8 Å². The van der Waals surface area contributed by atoms with E-state index in [1.54, 1.807) is 12.4 Å². The molecule has 0 radical (unpaired) electrons. The molecule has 0 spiro atoms. The van der Waals surface area contributed by atoms with Crippen molar-refractivity contribution in [3.05, 3.63) is 47.8 Å². The quantitative estimate of drug-likeness (QED) is 0.924. The number of carbonyl (C=O) groups is 1. The molecule has 0 aromatic carbocycles. The summed E-state index contributed by atoms with van der Waals surface area (Å²) >= 11 is 0. The van der Waals surface area contributed by atoms with E-state index in [0.717, 1.165) is 24.4 Å². The molecule has 1 fully saturated rings. The van der Waals surface area contributed by atoms with E-state index in [1.165, 1.54) is 0 Å². The lowest BCUT2D eigenvalue weighted by Gasteiger charge is -2.35. The summed E-state index contributed by atoms with van der Waals surface area (Å²) in [5, 5.41) is 3.34. The van der Waals surface area contributed by atoms with Crippen molar-refractivity contribution < 1.29 is 4.79 Å². The predicted octanol–water partition coefficient (Wildman–Crippen LogP) is 1.16. The van der Waals surface area contributed by atoms with Crippen LogP contribution in [0.2, 0.25) is 0 Å². The fraction of sp³-hybridized carbons (Fsp3) is 0.438. The third-order valence-corrected chi connectivity index (χ3v) is 4.11. The molecule has 1 N–H and O–H groups in total. The minimum atomic E-state index is -0.0617. The molecule has 6 nitrogen and oxygen atoms in total. The van der Waals surface area contributed by atoms with E-state index in [4.69, 9.17) is 0 Å². The average molecular weight is 299 g/mol. The number of aromatic nitrogens is 3. The normalized spacial score (nSPS) is 18.5. The van der Waals surface area contributed by atoms with E-state index in [1.807, 2.05) is 34.8 Å². The number of imidazole rings is 1. The van der Waals surface area contributed by atoms with Crippen molar-refractivity contribution in [3.63, 3.8) is 0 Å². The second-order valence-corrected chi connectivity index (χ2v) is 5.52. The Balaban J connectivity index is 1.90. The molecule has 1 unspecified atom stereocenters. The summed E-state index contributed by atoms with van der Waals surface area (Å²) in [6, 6.07) is 3.78.